The smallest absolute Gasteiger partial charge is 0.340 e. The number of rotatable bonds is 5. The number of esters is 1. The first-order chi connectivity index (χ1) is 15.7. The van der Waals surface area contributed by atoms with Gasteiger partial charge >= 0.3 is 5.97 Å². The van der Waals surface area contributed by atoms with Crippen molar-refractivity contribution in [1.82, 2.24) is 9.47 Å². The van der Waals surface area contributed by atoms with Crippen molar-refractivity contribution in [2.45, 2.75) is 34.2 Å². The van der Waals surface area contributed by atoms with E-state index in [-0.39, 0.29) is 18.0 Å². The molecule has 0 unspecified atom stereocenters. The van der Waals surface area contributed by atoms with Gasteiger partial charge in [0.25, 0.3) is 5.91 Å². The van der Waals surface area contributed by atoms with Crippen molar-refractivity contribution in [3.63, 3.8) is 0 Å². The van der Waals surface area contributed by atoms with Crippen LogP contribution in [0, 0.1) is 20.8 Å². The van der Waals surface area contributed by atoms with Crippen LogP contribution in [0.5, 0.6) is 0 Å². The summed E-state index contributed by atoms with van der Waals surface area (Å²) in [6.45, 7) is 7.90. The molecule has 33 heavy (non-hydrogen) atoms. The monoisotopic (exact) mass is 464 g/mol. The normalized spacial score (nSPS) is 15.2. The number of aryl methyl sites for hydroxylation is 2. The van der Waals surface area contributed by atoms with Crippen LogP contribution in [0.15, 0.2) is 63.9 Å². The Kier molecular flexibility index (Phi) is 6.04. The van der Waals surface area contributed by atoms with Gasteiger partial charge in [0.1, 0.15) is 5.76 Å². The summed E-state index contributed by atoms with van der Waals surface area (Å²) in [5, 5.41) is 0.686. The highest BCUT2D eigenvalue weighted by molar-refractivity contribution is 6.31. The van der Waals surface area contributed by atoms with E-state index in [2.05, 4.69) is 4.57 Å². The Labute approximate surface area is 197 Å². The summed E-state index contributed by atoms with van der Waals surface area (Å²) in [6, 6.07) is 11.4. The summed E-state index contributed by atoms with van der Waals surface area (Å²) in [6.07, 6.45) is 3.31. The zero-order chi connectivity index (χ0) is 23.9. The van der Waals surface area contributed by atoms with Crippen molar-refractivity contribution in [3.05, 3.63) is 92.8 Å². The molecule has 1 aliphatic heterocycles. The Hall–Kier alpha value is -3.51. The maximum absolute atomic E-state index is 13.4. The van der Waals surface area contributed by atoms with Gasteiger partial charge in [0.2, 0.25) is 0 Å². The molecule has 3 heterocycles. The van der Waals surface area contributed by atoms with E-state index in [9.17, 15) is 9.59 Å². The van der Waals surface area contributed by atoms with Crippen LogP contribution in [0.2, 0.25) is 5.02 Å². The molecule has 0 saturated carbocycles. The second kappa shape index (κ2) is 8.79. The van der Waals surface area contributed by atoms with E-state index in [1.165, 1.54) is 12.0 Å². The predicted molar refractivity (Wildman–Crippen MR) is 127 cm³/mol. The second-order valence-corrected chi connectivity index (χ2v) is 8.48. The SMILES string of the molecule is COC(=O)C1=C(C)N(Cc2ccco2)C(=O)C1=Cc1cc(C)n(-c2ccc(C)c(Cl)c2)c1C. The number of nitrogens with zero attached hydrogens (tertiary/aromatic N) is 2. The van der Waals surface area contributed by atoms with Gasteiger partial charge in [-0.15, -0.1) is 0 Å². The van der Waals surface area contributed by atoms with Crippen LogP contribution >= 0.6 is 11.6 Å². The first-order valence-electron chi connectivity index (χ1n) is 10.5. The molecule has 0 spiro atoms. The van der Waals surface area contributed by atoms with Crippen molar-refractivity contribution in [1.29, 1.82) is 0 Å². The lowest BCUT2D eigenvalue weighted by molar-refractivity contribution is -0.136. The van der Waals surface area contributed by atoms with E-state index < -0.39 is 5.97 Å². The van der Waals surface area contributed by atoms with Crippen LogP contribution in [0.4, 0.5) is 0 Å². The number of furan rings is 1. The van der Waals surface area contributed by atoms with Crippen molar-refractivity contribution < 1.29 is 18.7 Å². The summed E-state index contributed by atoms with van der Waals surface area (Å²) < 4.78 is 12.5. The quantitative estimate of drug-likeness (QED) is 0.368. The topological polar surface area (TPSA) is 64.7 Å². The highest BCUT2D eigenvalue weighted by atomic mass is 35.5. The summed E-state index contributed by atoms with van der Waals surface area (Å²) in [5.41, 5.74) is 5.78. The fourth-order valence-corrected chi connectivity index (χ4v) is 4.36. The van der Waals surface area contributed by atoms with Crippen LogP contribution in [0.1, 0.15) is 35.2 Å². The number of methoxy groups -OCH3 is 1. The number of allylic oxidation sites excluding steroid dienone is 1. The fourth-order valence-electron chi connectivity index (χ4n) is 4.18. The molecule has 0 fully saturated rings. The average molecular weight is 465 g/mol. The molecule has 0 aliphatic carbocycles. The number of amides is 1. The highest BCUT2D eigenvalue weighted by Crippen LogP contribution is 2.34. The minimum atomic E-state index is -0.548. The van der Waals surface area contributed by atoms with Crippen molar-refractivity contribution in [3.8, 4) is 5.69 Å². The number of hydrogen-bond donors (Lipinski definition) is 0. The molecule has 170 valence electrons. The molecule has 2 aromatic heterocycles. The Balaban J connectivity index is 1.79. The zero-order valence-corrected chi connectivity index (χ0v) is 20.0. The third-order valence-electron chi connectivity index (χ3n) is 5.98. The molecule has 0 radical (unpaired) electrons. The molecule has 1 aliphatic rings. The Bertz CT molecular complexity index is 1310. The van der Waals surface area contributed by atoms with Gasteiger partial charge in [-0.1, -0.05) is 17.7 Å². The van der Waals surface area contributed by atoms with Crippen LogP contribution < -0.4 is 0 Å². The Morgan fingerprint density at radius 3 is 2.55 bits per heavy atom. The largest absolute Gasteiger partial charge is 0.467 e. The Morgan fingerprint density at radius 1 is 1.15 bits per heavy atom. The summed E-state index contributed by atoms with van der Waals surface area (Å²) in [4.78, 5) is 27.5. The van der Waals surface area contributed by atoms with Gasteiger partial charge in [0.05, 0.1) is 31.1 Å². The molecule has 0 saturated heterocycles. The maximum Gasteiger partial charge on any atom is 0.340 e. The van der Waals surface area contributed by atoms with E-state index in [4.69, 9.17) is 20.8 Å². The van der Waals surface area contributed by atoms with Gasteiger partial charge in [-0.25, -0.2) is 4.79 Å². The average Bonchev–Trinajstić information content (AvgIpc) is 3.45. The second-order valence-electron chi connectivity index (χ2n) is 8.08. The number of carbonyl (C=O) groups excluding carboxylic acids is 2. The van der Waals surface area contributed by atoms with E-state index in [0.29, 0.717) is 22.1 Å². The number of aromatic nitrogens is 1. The number of carbonyl (C=O) groups is 2. The third-order valence-corrected chi connectivity index (χ3v) is 6.39. The predicted octanol–water partition coefficient (Wildman–Crippen LogP) is 5.52. The molecule has 0 atom stereocenters. The molecular formula is C26H25ClN2O4. The van der Waals surface area contributed by atoms with Crippen molar-refractivity contribution >= 4 is 29.6 Å². The van der Waals surface area contributed by atoms with Crippen LogP contribution in [-0.4, -0.2) is 28.5 Å². The molecule has 1 amide bonds. The molecule has 7 heteroatoms. The van der Waals surface area contributed by atoms with Gasteiger partial charge < -0.3 is 18.6 Å². The van der Waals surface area contributed by atoms with Crippen LogP contribution in [0.25, 0.3) is 11.8 Å². The van der Waals surface area contributed by atoms with Crippen molar-refractivity contribution in [2.24, 2.45) is 0 Å². The molecule has 1 aromatic carbocycles. The zero-order valence-electron chi connectivity index (χ0n) is 19.2. The van der Waals surface area contributed by atoms with E-state index >= 15 is 0 Å². The van der Waals surface area contributed by atoms with E-state index in [1.807, 2.05) is 45.0 Å². The lowest BCUT2D eigenvalue weighted by atomic mass is 10.0. The molecule has 3 aromatic rings. The van der Waals surface area contributed by atoms with Gasteiger partial charge in [-0.2, -0.15) is 0 Å². The first kappa shape index (κ1) is 22.7. The first-order valence-corrected chi connectivity index (χ1v) is 10.9. The standard InChI is InChI=1S/C26H25ClN2O4/c1-15-8-9-20(13-23(15)27)29-16(2)11-19(17(29)3)12-22-24(26(31)32-5)18(4)28(25(22)30)14-21-7-6-10-33-21/h6-13H,14H2,1-5H3. The number of halogens is 1. The number of hydrogen-bond acceptors (Lipinski definition) is 4. The van der Waals surface area contributed by atoms with Gasteiger partial charge in [-0.05, 0) is 75.2 Å². The van der Waals surface area contributed by atoms with Crippen LogP contribution in [-0.2, 0) is 20.9 Å². The molecule has 6 nitrogen and oxygen atoms in total. The van der Waals surface area contributed by atoms with Crippen LogP contribution in [0.3, 0.4) is 0 Å². The number of benzene rings is 1. The lowest BCUT2D eigenvalue weighted by Gasteiger charge is -2.16. The minimum Gasteiger partial charge on any atom is -0.467 e. The fraction of sp³-hybridized carbons (Fsp3) is 0.231. The molecule has 0 N–H and O–H groups in total. The molecular weight excluding hydrogens is 440 g/mol. The maximum atomic E-state index is 13.4. The van der Waals surface area contributed by atoms with E-state index in [1.54, 1.807) is 31.4 Å². The molecule has 0 bridgehead atoms. The summed E-state index contributed by atoms with van der Waals surface area (Å²) in [7, 11) is 1.31. The van der Waals surface area contributed by atoms with E-state index in [0.717, 1.165) is 28.2 Å². The van der Waals surface area contributed by atoms with Gasteiger partial charge in [-0.3, -0.25) is 4.79 Å². The summed E-state index contributed by atoms with van der Waals surface area (Å²) in [5.74, 6) is -0.191. The highest BCUT2D eigenvalue weighted by Gasteiger charge is 2.37. The van der Waals surface area contributed by atoms with Crippen molar-refractivity contribution in [2.75, 3.05) is 7.11 Å². The number of ether oxygens (including phenoxy) is 1. The lowest BCUT2D eigenvalue weighted by Crippen LogP contribution is -2.24. The Morgan fingerprint density at radius 2 is 1.91 bits per heavy atom. The summed E-state index contributed by atoms with van der Waals surface area (Å²) >= 11 is 6.35. The minimum absolute atomic E-state index is 0.233. The molecule has 4 rings (SSSR count). The van der Waals surface area contributed by atoms with Gasteiger partial charge in [0.15, 0.2) is 0 Å². The third kappa shape index (κ3) is 4.02. The van der Waals surface area contributed by atoms with Gasteiger partial charge in [0, 0.05) is 27.8 Å².